The van der Waals surface area contributed by atoms with Gasteiger partial charge in [-0.2, -0.15) is 8.42 Å². The van der Waals surface area contributed by atoms with E-state index in [9.17, 15) is 13.0 Å². The van der Waals surface area contributed by atoms with E-state index < -0.39 is 10.1 Å². The summed E-state index contributed by atoms with van der Waals surface area (Å²) in [6.45, 7) is 0. The highest BCUT2D eigenvalue weighted by atomic mass is 32.2. The van der Waals surface area contributed by atoms with Crippen molar-refractivity contribution >= 4 is 10.1 Å². The largest absolute Gasteiger partial charge is 0.295 e. The first-order valence-electron chi connectivity index (χ1n) is 16.8. The first kappa shape index (κ1) is 23.7. The number of rotatable bonds is 4. The maximum absolute atomic E-state index is 13.7. The number of hydrogen-bond acceptors (Lipinski definition) is 2. The van der Waals surface area contributed by atoms with E-state index in [1.807, 2.05) is 0 Å². The molecule has 2 unspecified atom stereocenters. The zero-order chi connectivity index (χ0) is 25.9. The molecule has 1 aromatic rings. The van der Waals surface area contributed by atoms with Gasteiger partial charge in [0.15, 0.2) is 0 Å². The molecule has 4 heteroatoms. The molecule has 12 saturated carbocycles. The molecule has 0 aromatic heterocycles. The summed E-state index contributed by atoms with van der Waals surface area (Å²) in [5.41, 5.74) is 3.96. The Balaban J connectivity index is 1.23. The van der Waals surface area contributed by atoms with Crippen LogP contribution in [0.3, 0.4) is 0 Å². The second-order valence-corrected chi connectivity index (χ2v) is 18.9. The summed E-state index contributed by atoms with van der Waals surface area (Å²) >= 11 is 0. The summed E-state index contributed by atoms with van der Waals surface area (Å²) in [5.74, 6) is 7.23. The van der Waals surface area contributed by atoms with E-state index in [1.165, 1.54) is 89.0 Å². The molecule has 39 heavy (non-hydrogen) atoms. The zero-order valence-corrected chi connectivity index (χ0v) is 24.4. The van der Waals surface area contributed by atoms with Crippen LogP contribution in [0.25, 0.3) is 0 Å². The van der Waals surface area contributed by atoms with Crippen LogP contribution < -0.4 is 0 Å². The van der Waals surface area contributed by atoms with Crippen molar-refractivity contribution in [1.29, 1.82) is 0 Å². The highest BCUT2D eigenvalue weighted by Crippen LogP contribution is 2.68. The first-order chi connectivity index (χ1) is 18.7. The van der Waals surface area contributed by atoms with Gasteiger partial charge in [0.1, 0.15) is 4.90 Å². The molecule has 12 bridgehead atoms. The van der Waals surface area contributed by atoms with E-state index in [0.29, 0.717) is 4.90 Å². The molecule has 0 saturated heterocycles. The minimum absolute atomic E-state index is 0.0169. The number of hydrogen-bond donors (Lipinski definition) is 1. The Morgan fingerprint density at radius 3 is 1.21 bits per heavy atom. The monoisotopic (exact) mass is 546 g/mol. The molecule has 12 fully saturated rings. The molecule has 2 atom stereocenters. The van der Waals surface area contributed by atoms with E-state index in [1.54, 1.807) is 0 Å². The molecule has 0 radical (unpaired) electrons. The maximum atomic E-state index is 13.7. The Labute approximate surface area is 235 Å². The molecule has 13 rings (SSSR count). The third-order valence-corrected chi connectivity index (χ3v) is 16.1. The smallest absolute Gasteiger partial charge is 0.282 e. The molecule has 12 aliphatic carbocycles. The van der Waals surface area contributed by atoms with Crippen molar-refractivity contribution in [2.24, 2.45) is 53.3 Å². The fourth-order valence-electron chi connectivity index (χ4n) is 15.0. The van der Waals surface area contributed by atoms with Crippen molar-refractivity contribution in [1.82, 2.24) is 0 Å². The van der Waals surface area contributed by atoms with E-state index >= 15 is 0 Å². The van der Waals surface area contributed by atoms with Gasteiger partial charge in [-0.25, -0.2) is 0 Å². The van der Waals surface area contributed by atoms with E-state index in [-0.39, 0.29) is 16.2 Å². The van der Waals surface area contributed by atoms with Crippen molar-refractivity contribution in [3.63, 3.8) is 0 Å². The Morgan fingerprint density at radius 1 is 0.513 bits per heavy atom. The van der Waals surface area contributed by atoms with Crippen molar-refractivity contribution in [2.75, 3.05) is 0 Å². The lowest BCUT2D eigenvalue weighted by molar-refractivity contribution is -0.00958. The highest BCUT2D eigenvalue weighted by Gasteiger charge is 2.60. The summed E-state index contributed by atoms with van der Waals surface area (Å²) < 4.78 is 38.6. The predicted molar refractivity (Wildman–Crippen MR) is 151 cm³/mol. The second-order valence-electron chi connectivity index (χ2n) is 17.5. The van der Waals surface area contributed by atoms with Gasteiger partial charge in [0, 0.05) is 0 Å². The molecular formula is C35H46O3S. The van der Waals surface area contributed by atoms with E-state index in [2.05, 4.69) is 12.1 Å². The van der Waals surface area contributed by atoms with Crippen molar-refractivity contribution in [3.8, 4) is 0 Å². The van der Waals surface area contributed by atoms with Crippen LogP contribution in [0.1, 0.15) is 126 Å². The Kier molecular flexibility index (Phi) is 4.47. The summed E-state index contributed by atoms with van der Waals surface area (Å²) in [6.07, 6.45) is 22.1. The van der Waals surface area contributed by atoms with Gasteiger partial charge >= 0.3 is 0 Å². The second kappa shape index (κ2) is 7.36. The summed E-state index contributed by atoms with van der Waals surface area (Å²) in [5, 5.41) is 0. The Hall–Kier alpha value is -0.870. The molecule has 210 valence electrons. The molecule has 0 spiro atoms. The third kappa shape index (κ3) is 3.18. The Morgan fingerprint density at radius 2 is 0.846 bits per heavy atom. The molecule has 1 N–H and O–H groups in total. The minimum Gasteiger partial charge on any atom is -0.282 e. The normalized spacial score (nSPS) is 53.8. The van der Waals surface area contributed by atoms with Gasteiger partial charge < -0.3 is 0 Å². The fraction of sp³-hybridized carbons (Fsp3) is 0.829. The minimum atomic E-state index is -4.31. The van der Waals surface area contributed by atoms with Crippen LogP contribution in [0, 0.1) is 53.3 Å². The molecule has 0 amide bonds. The predicted octanol–water partition coefficient (Wildman–Crippen LogP) is 7.95. The van der Waals surface area contributed by atoms with Crippen LogP contribution in [-0.2, 0) is 26.4 Å². The van der Waals surface area contributed by atoms with Gasteiger partial charge in [0.05, 0.1) is 0 Å². The maximum Gasteiger partial charge on any atom is 0.295 e. The molecule has 1 aromatic carbocycles. The van der Waals surface area contributed by atoms with Crippen LogP contribution in [0.2, 0.25) is 0 Å². The van der Waals surface area contributed by atoms with Gasteiger partial charge in [-0.1, -0.05) is 12.1 Å². The van der Waals surface area contributed by atoms with Crippen LogP contribution in [0.15, 0.2) is 17.0 Å². The van der Waals surface area contributed by atoms with Crippen LogP contribution >= 0.6 is 0 Å². The quantitative estimate of drug-likeness (QED) is 0.390. The lowest BCUT2D eigenvalue weighted by Crippen LogP contribution is -2.50. The third-order valence-electron chi connectivity index (χ3n) is 15.1. The Bertz CT molecular complexity index is 1280. The van der Waals surface area contributed by atoms with Gasteiger partial charge in [0.25, 0.3) is 10.1 Å². The lowest BCUT2D eigenvalue weighted by atomic mass is 9.46. The van der Waals surface area contributed by atoms with Crippen molar-refractivity contribution < 1.29 is 13.0 Å². The van der Waals surface area contributed by atoms with E-state index in [0.717, 1.165) is 90.1 Å². The van der Waals surface area contributed by atoms with Crippen molar-refractivity contribution in [2.45, 2.75) is 130 Å². The molecule has 0 aliphatic heterocycles. The summed E-state index contributed by atoms with van der Waals surface area (Å²) in [6, 6.07) is 4.91. The van der Waals surface area contributed by atoms with Crippen LogP contribution in [0.4, 0.5) is 0 Å². The van der Waals surface area contributed by atoms with Crippen molar-refractivity contribution in [3.05, 3.63) is 28.8 Å². The number of benzene rings is 1. The average Bonchev–Trinajstić information content (AvgIpc) is 3.27. The molecule has 12 aliphatic rings. The standard InChI is InChI=1S/C35H46O3S/c36-39(37,38)32-30(34-14-23-4-24(15-34)6-25(5-23)16-34)9-29(33-11-20-1-21(12-33)3-22(2-20)13-33)10-31(32)35-17-26-7-27(18-35)28(8-26)19-35/h9-10,20-28H,1-8,11-19H2,(H,36,37,38). The fourth-order valence-corrected chi connectivity index (χ4v) is 16.2. The van der Waals surface area contributed by atoms with Gasteiger partial charge in [0.2, 0.25) is 0 Å². The molecule has 0 heterocycles. The van der Waals surface area contributed by atoms with Crippen LogP contribution in [0.5, 0.6) is 0 Å². The van der Waals surface area contributed by atoms with Gasteiger partial charge in [-0.15, -0.1) is 0 Å². The SMILES string of the molecule is O=S(=O)(O)c1c(C23CC4CC(CC(C4)C2)C3)cc(C23CC4CC(CC(C4)C2)C3)cc1C12CC3CC(C1)C(C3)C2. The first-order valence-corrected chi connectivity index (χ1v) is 18.3. The zero-order valence-electron chi connectivity index (χ0n) is 23.5. The summed E-state index contributed by atoms with van der Waals surface area (Å²) in [4.78, 5) is 0.430. The summed E-state index contributed by atoms with van der Waals surface area (Å²) in [7, 11) is -4.31. The molecule has 3 nitrogen and oxygen atoms in total. The average molecular weight is 547 g/mol. The van der Waals surface area contributed by atoms with E-state index in [4.69, 9.17) is 0 Å². The van der Waals surface area contributed by atoms with Crippen LogP contribution in [-0.4, -0.2) is 13.0 Å². The molecular weight excluding hydrogens is 500 g/mol. The van der Waals surface area contributed by atoms with Gasteiger partial charge in [-0.05, 0) is 195 Å². The van der Waals surface area contributed by atoms with Gasteiger partial charge in [-0.3, -0.25) is 4.55 Å². The highest BCUT2D eigenvalue weighted by molar-refractivity contribution is 7.86. The topological polar surface area (TPSA) is 54.4 Å². The lowest BCUT2D eigenvalue weighted by Gasteiger charge is -2.59.